The molecule has 1 amide bonds. The van der Waals surface area contributed by atoms with E-state index in [4.69, 9.17) is 0 Å². The van der Waals surface area contributed by atoms with Crippen molar-refractivity contribution < 1.29 is 4.79 Å². The number of rotatable bonds is 6. The maximum atomic E-state index is 12.6. The summed E-state index contributed by atoms with van der Waals surface area (Å²) < 4.78 is 0. The molecule has 0 saturated heterocycles. The average molecular weight is 290 g/mol. The lowest BCUT2D eigenvalue weighted by atomic mass is 9.85. The van der Waals surface area contributed by atoms with Gasteiger partial charge in [-0.25, -0.2) is 0 Å². The first-order valence-electron chi connectivity index (χ1n) is 7.76. The van der Waals surface area contributed by atoms with Crippen molar-refractivity contribution in [1.82, 2.24) is 10.6 Å². The van der Waals surface area contributed by atoms with Crippen LogP contribution in [0.15, 0.2) is 30.3 Å². The van der Waals surface area contributed by atoms with Crippen LogP contribution in [0.2, 0.25) is 0 Å². The summed E-state index contributed by atoms with van der Waals surface area (Å²) in [5.41, 5.74) is 0.753. The number of amides is 1. The quantitative estimate of drug-likeness (QED) is 0.839. The van der Waals surface area contributed by atoms with Crippen LogP contribution in [-0.2, 0) is 4.79 Å². The summed E-state index contributed by atoms with van der Waals surface area (Å²) in [6.45, 7) is 13.2. The Morgan fingerprint density at radius 2 is 1.67 bits per heavy atom. The van der Waals surface area contributed by atoms with Crippen molar-refractivity contribution in [3.63, 3.8) is 0 Å². The first-order valence-corrected chi connectivity index (χ1v) is 7.76. The molecule has 0 radical (unpaired) electrons. The zero-order valence-electron chi connectivity index (χ0n) is 14.3. The van der Waals surface area contributed by atoms with Gasteiger partial charge in [0.25, 0.3) is 0 Å². The zero-order chi connectivity index (χ0) is 16.1. The highest BCUT2D eigenvalue weighted by Crippen LogP contribution is 2.29. The summed E-state index contributed by atoms with van der Waals surface area (Å²) in [4.78, 5) is 12.6. The van der Waals surface area contributed by atoms with Crippen molar-refractivity contribution in [3.8, 4) is 0 Å². The topological polar surface area (TPSA) is 41.1 Å². The van der Waals surface area contributed by atoms with E-state index in [0.29, 0.717) is 0 Å². The van der Waals surface area contributed by atoms with Gasteiger partial charge < -0.3 is 10.6 Å². The van der Waals surface area contributed by atoms with Crippen molar-refractivity contribution in [2.24, 2.45) is 5.41 Å². The van der Waals surface area contributed by atoms with Crippen molar-refractivity contribution in [2.45, 2.75) is 59.5 Å². The lowest BCUT2D eigenvalue weighted by Crippen LogP contribution is -2.53. The fraction of sp³-hybridized carbons (Fsp3) is 0.611. The molecule has 1 aromatic carbocycles. The van der Waals surface area contributed by atoms with Crippen LogP contribution in [0.5, 0.6) is 0 Å². The third kappa shape index (κ3) is 5.88. The fourth-order valence-electron chi connectivity index (χ4n) is 2.41. The first kappa shape index (κ1) is 17.7. The van der Waals surface area contributed by atoms with Gasteiger partial charge in [0, 0.05) is 0 Å². The second-order valence-electron chi connectivity index (χ2n) is 7.36. The molecule has 0 aliphatic carbocycles. The van der Waals surface area contributed by atoms with Crippen LogP contribution in [0.1, 0.15) is 59.6 Å². The van der Waals surface area contributed by atoms with Gasteiger partial charge in [0.1, 0.15) is 0 Å². The molecule has 0 heterocycles. The van der Waals surface area contributed by atoms with E-state index < -0.39 is 5.54 Å². The Kier molecular flexibility index (Phi) is 5.97. The second kappa shape index (κ2) is 7.08. The minimum absolute atomic E-state index is 0.0385. The Bertz CT molecular complexity index is 446. The van der Waals surface area contributed by atoms with Gasteiger partial charge in [-0.05, 0) is 37.8 Å². The van der Waals surface area contributed by atoms with Crippen LogP contribution in [0, 0.1) is 5.41 Å². The van der Waals surface area contributed by atoms with Gasteiger partial charge >= 0.3 is 0 Å². The van der Waals surface area contributed by atoms with Crippen LogP contribution in [0.4, 0.5) is 0 Å². The van der Waals surface area contributed by atoms with Crippen molar-refractivity contribution in [2.75, 3.05) is 6.54 Å². The molecule has 1 aromatic rings. The van der Waals surface area contributed by atoms with Crippen LogP contribution in [-0.4, -0.2) is 18.0 Å². The van der Waals surface area contributed by atoms with E-state index >= 15 is 0 Å². The number of carbonyl (C=O) groups excluding carboxylic acids is 1. The van der Waals surface area contributed by atoms with Gasteiger partial charge in [0.05, 0.1) is 11.6 Å². The second-order valence-corrected chi connectivity index (χ2v) is 7.36. The normalized spacial score (nSPS) is 13.8. The molecular formula is C18H30N2O. The molecule has 0 fully saturated rings. The highest BCUT2D eigenvalue weighted by molar-refractivity contribution is 5.85. The van der Waals surface area contributed by atoms with E-state index in [2.05, 4.69) is 43.5 Å². The summed E-state index contributed by atoms with van der Waals surface area (Å²) in [6, 6.07) is 10.2. The number of hydrogen-bond acceptors (Lipinski definition) is 2. The third-order valence-electron chi connectivity index (χ3n) is 3.51. The fourth-order valence-corrected chi connectivity index (χ4v) is 2.41. The molecule has 0 saturated carbocycles. The van der Waals surface area contributed by atoms with Crippen LogP contribution in [0.25, 0.3) is 0 Å². The van der Waals surface area contributed by atoms with Crippen molar-refractivity contribution in [1.29, 1.82) is 0 Å². The number of likely N-dealkylation sites (N-methyl/N-ethyl adjacent to an activating group) is 1. The van der Waals surface area contributed by atoms with Crippen molar-refractivity contribution >= 4 is 5.91 Å². The van der Waals surface area contributed by atoms with E-state index in [1.165, 1.54) is 0 Å². The molecule has 0 aliphatic heterocycles. The number of nitrogens with one attached hydrogen (secondary N) is 2. The molecule has 21 heavy (non-hydrogen) atoms. The molecule has 1 atom stereocenters. The summed E-state index contributed by atoms with van der Waals surface area (Å²) in [7, 11) is 0. The van der Waals surface area contributed by atoms with E-state index in [-0.39, 0.29) is 17.4 Å². The maximum absolute atomic E-state index is 12.6. The van der Waals surface area contributed by atoms with E-state index in [1.54, 1.807) is 0 Å². The first-order chi connectivity index (χ1) is 9.65. The molecule has 2 N–H and O–H groups in total. The van der Waals surface area contributed by atoms with Crippen LogP contribution >= 0.6 is 0 Å². The zero-order valence-corrected chi connectivity index (χ0v) is 14.3. The lowest BCUT2D eigenvalue weighted by molar-refractivity contribution is -0.127. The SMILES string of the molecule is CCNC(C)(C)C(=O)NC(CC(C)(C)C)c1ccccc1. The average Bonchev–Trinajstić information content (AvgIpc) is 2.37. The van der Waals surface area contributed by atoms with E-state index in [1.807, 2.05) is 39.0 Å². The Labute approximate surface area is 129 Å². The Morgan fingerprint density at radius 1 is 1.10 bits per heavy atom. The predicted octanol–water partition coefficient (Wildman–Crippen LogP) is 3.67. The van der Waals surface area contributed by atoms with Crippen LogP contribution < -0.4 is 10.6 Å². The van der Waals surface area contributed by atoms with Gasteiger partial charge in [0.2, 0.25) is 5.91 Å². The van der Waals surface area contributed by atoms with Gasteiger partial charge in [-0.2, -0.15) is 0 Å². The number of benzene rings is 1. The minimum atomic E-state index is -0.556. The smallest absolute Gasteiger partial charge is 0.240 e. The van der Waals surface area contributed by atoms with Crippen LogP contribution in [0.3, 0.4) is 0 Å². The maximum Gasteiger partial charge on any atom is 0.240 e. The Hall–Kier alpha value is -1.35. The van der Waals surface area contributed by atoms with Gasteiger partial charge in [-0.15, -0.1) is 0 Å². The third-order valence-corrected chi connectivity index (χ3v) is 3.51. The molecule has 118 valence electrons. The molecule has 3 nitrogen and oxygen atoms in total. The monoisotopic (exact) mass is 290 g/mol. The van der Waals surface area contributed by atoms with Crippen molar-refractivity contribution in [3.05, 3.63) is 35.9 Å². The Morgan fingerprint density at radius 3 is 2.14 bits per heavy atom. The summed E-state index contributed by atoms with van der Waals surface area (Å²) in [5, 5.41) is 6.44. The highest BCUT2D eigenvalue weighted by atomic mass is 16.2. The summed E-state index contributed by atoms with van der Waals surface area (Å²) in [5.74, 6) is 0.0439. The predicted molar refractivity (Wildman–Crippen MR) is 89.2 cm³/mol. The molecule has 0 aromatic heterocycles. The van der Waals surface area contributed by atoms with Gasteiger partial charge in [0.15, 0.2) is 0 Å². The molecular weight excluding hydrogens is 260 g/mol. The molecule has 0 bridgehead atoms. The van der Waals surface area contributed by atoms with E-state index in [0.717, 1.165) is 18.5 Å². The minimum Gasteiger partial charge on any atom is -0.348 e. The lowest BCUT2D eigenvalue weighted by Gasteiger charge is -2.31. The molecule has 0 spiro atoms. The molecule has 1 unspecified atom stereocenters. The largest absolute Gasteiger partial charge is 0.348 e. The van der Waals surface area contributed by atoms with Gasteiger partial charge in [-0.1, -0.05) is 58.0 Å². The van der Waals surface area contributed by atoms with Gasteiger partial charge in [-0.3, -0.25) is 4.79 Å². The number of carbonyl (C=O) groups is 1. The summed E-state index contributed by atoms with van der Waals surface area (Å²) >= 11 is 0. The molecule has 0 aliphatic rings. The standard InChI is InChI=1S/C18H30N2O/c1-7-19-18(5,6)16(21)20-15(13-17(2,3)4)14-11-9-8-10-12-14/h8-12,15,19H,7,13H2,1-6H3,(H,20,21). The molecule has 3 heteroatoms. The summed E-state index contributed by atoms with van der Waals surface area (Å²) in [6.07, 6.45) is 0.908. The Balaban J connectivity index is 2.91. The molecule has 1 rings (SSSR count). The highest BCUT2D eigenvalue weighted by Gasteiger charge is 2.30. The van der Waals surface area contributed by atoms with E-state index in [9.17, 15) is 4.79 Å². The number of hydrogen-bond donors (Lipinski definition) is 2.